The summed E-state index contributed by atoms with van der Waals surface area (Å²) in [4.78, 5) is 28.6. The number of esters is 1. The van der Waals surface area contributed by atoms with E-state index in [4.69, 9.17) is 38.6 Å². The first-order valence-electron chi connectivity index (χ1n) is 9.36. The molecule has 9 heteroatoms. The van der Waals surface area contributed by atoms with Gasteiger partial charge in [0.05, 0.1) is 22.3 Å². The maximum atomic E-state index is 13.4. The third-order valence-electron chi connectivity index (χ3n) is 5.24. The topological polar surface area (TPSA) is 77.1 Å². The van der Waals surface area contributed by atoms with Gasteiger partial charge in [-0.15, -0.1) is 0 Å². The number of hydrogen-bond donors (Lipinski definition) is 1. The normalized spacial score (nSPS) is 24.4. The van der Waals surface area contributed by atoms with Gasteiger partial charge in [0, 0.05) is 14.2 Å². The highest BCUT2D eigenvalue weighted by molar-refractivity contribution is 7.89. The van der Waals surface area contributed by atoms with Crippen LogP contribution in [0.2, 0.25) is 0 Å². The van der Waals surface area contributed by atoms with Crippen molar-refractivity contribution in [1.82, 2.24) is 10.2 Å². The fourth-order valence-electron chi connectivity index (χ4n) is 3.81. The molecule has 1 amide bonds. The van der Waals surface area contributed by atoms with Crippen molar-refractivity contribution in [2.75, 3.05) is 27.3 Å². The molecule has 7 nitrogen and oxygen atoms in total. The first kappa shape index (κ1) is 21.9. The zero-order valence-electron chi connectivity index (χ0n) is 16.4. The van der Waals surface area contributed by atoms with Crippen LogP contribution in [-0.4, -0.2) is 71.7 Å². The van der Waals surface area contributed by atoms with Gasteiger partial charge in [0.25, 0.3) is 0 Å². The molecule has 2 heterocycles. The van der Waals surface area contributed by atoms with Crippen molar-refractivity contribution >= 4 is 46.0 Å². The molecule has 0 spiro atoms. The molecule has 156 valence electrons. The second kappa shape index (κ2) is 9.36. The third-order valence-corrected chi connectivity index (χ3v) is 6.26. The summed E-state index contributed by atoms with van der Waals surface area (Å²) in [5, 5.41) is 3.16. The van der Waals surface area contributed by atoms with Crippen molar-refractivity contribution in [2.24, 2.45) is 0 Å². The summed E-state index contributed by atoms with van der Waals surface area (Å²) >= 11 is 10.9. The molecule has 2 fully saturated rings. The van der Waals surface area contributed by atoms with Crippen LogP contribution in [0.4, 0.5) is 0 Å². The van der Waals surface area contributed by atoms with E-state index in [1.54, 1.807) is 0 Å². The summed E-state index contributed by atoms with van der Waals surface area (Å²) in [6, 6.07) is 8.85. The number of carbonyl (C=O) groups excluding carboxylic acids is 2. The van der Waals surface area contributed by atoms with Crippen molar-refractivity contribution in [3.63, 3.8) is 0 Å². The van der Waals surface area contributed by atoms with E-state index in [1.165, 1.54) is 19.1 Å². The Labute approximate surface area is 180 Å². The minimum Gasteiger partial charge on any atom is -0.459 e. The smallest absolute Gasteiger partial charge is 0.343 e. The van der Waals surface area contributed by atoms with Gasteiger partial charge in [0.1, 0.15) is 6.61 Å². The van der Waals surface area contributed by atoms with E-state index < -0.39 is 23.8 Å². The van der Waals surface area contributed by atoms with Crippen molar-refractivity contribution in [1.29, 1.82) is 0 Å². The Balaban J connectivity index is 1.97. The summed E-state index contributed by atoms with van der Waals surface area (Å²) in [6.45, 7) is 0.818. The Morgan fingerprint density at radius 2 is 1.93 bits per heavy atom. The van der Waals surface area contributed by atoms with Gasteiger partial charge in [-0.2, -0.15) is 0 Å². The molecule has 2 aliphatic rings. The predicted molar refractivity (Wildman–Crippen MR) is 115 cm³/mol. The number of thiocarbonyl (C=S) groups is 2. The average Bonchev–Trinajstić information content (AvgIpc) is 3.36. The number of nitrogens with zero attached hydrogens (tertiary/aromatic N) is 1. The van der Waals surface area contributed by atoms with Gasteiger partial charge < -0.3 is 24.4 Å². The van der Waals surface area contributed by atoms with Crippen LogP contribution in [0.25, 0.3) is 0 Å². The molecule has 0 aromatic heterocycles. The van der Waals surface area contributed by atoms with Crippen LogP contribution in [0.15, 0.2) is 30.3 Å². The Bertz CT molecular complexity index is 793. The van der Waals surface area contributed by atoms with Crippen molar-refractivity contribution in [3.05, 3.63) is 35.9 Å². The van der Waals surface area contributed by atoms with Gasteiger partial charge in [0.2, 0.25) is 11.4 Å². The number of likely N-dealkylation sites (tertiary alicyclic amines) is 1. The van der Waals surface area contributed by atoms with Crippen LogP contribution in [-0.2, 0) is 30.4 Å². The number of amides is 1. The second-order valence-corrected chi connectivity index (χ2v) is 7.86. The van der Waals surface area contributed by atoms with Crippen LogP contribution in [0.3, 0.4) is 0 Å². The number of ether oxygens (including phenoxy) is 3. The molecule has 2 atom stereocenters. The van der Waals surface area contributed by atoms with Gasteiger partial charge >= 0.3 is 5.97 Å². The SMILES string of the molecule is COC(OC)[C@]1(C(=O)OCc2ccccc2)C(=S)C(=S)CN1C(=O)[C@@H]1CCCN1. The standard InChI is InChI=1S/C20H24N2O5S2/c1-25-19(26-2)20(18(24)27-12-13-7-4-3-5-8-13)16(29)15(28)11-22(20)17(23)14-9-6-10-21-14/h3-5,7-8,14,19,21H,6,9-12H2,1-2H3/t14-,20+/m0/s1. The van der Waals surface area contributed by atoms with E-state index in [-0.39, 0.29) is 23.9 Å². The summed E-state index contributed by atoms with van der Waals surface area (Å²) in [5.74, 6) is -0.980. The molecule has 29 heavy (non-hydrogen) atoms. The molecule has 1 N–H and O–H groups in total. The van der Waals surface area contributed by atoms with Gasteiger partial charge in [-0.3, -0.25) is 4.79 Å². The summed E-state index contributed by atoms with van der Waals surface area (Å²) in [6.07, 6.45) is 0.404. The average molecular weight is 437 g/mol. The molecule has 2 aliphatic heterocycles. The number of rotatable bonds is 7. The van der Waals surface area contributed by atoms with E-state index in [9.17, 15) is 9.59 Å². The van der Waals surface area contributed by atoms with E-state index in [0.717, 1.165) is 18.5 Å². The highest BCUT2D eigenvalue weighted by Crippen LogP contribution is 2.35. The summed E-state index contributed by atoms with van der Waals surface area (Å²) < 4.78 is 16.5. The molecule has 0 unspecified atom stereocenters. The van der Waals surface area contributed by atoms with Crippen molar-refractivity contribution in [2.45, 2.75) is 37.3 Å². The highest BCUT2D eigenvalue weighted by atomic mass is 32.1. The van der Waals surface area contributed by atoms with Gasteiger partial charge in [0.15, 0.2) is 6.29 Å². The first-order valence-corrected chi connectivity index (χ1v) is 10.2. The quantitative estimate of drug-likeness (QED) is 0.391. The number of nitrogens with one attached hydrogen (secondary N) is 1. The zero-order valence-corrected chi connectivity index (χ0v) is 18.0. The molecule has 2 saturated heterocycles. The third kappa shape index (κ3) is 3.97. The van der Waals surface area contributed by atoms with Gasteiger partial charge in [-0.1, -0.05) is 54.8 Å². The minimum absolute atomic E-state index is 0.0284. The number of carbonyl (C=O) groups is 2. The lowest BCUT2D eigenvalue weighted by Crippen LogP contribution is -2.67. The molecular weight excluding hydrogens is 412 g/mol. The highest BCUT2D eigenvalue weighted by Gasteiger charge is 2.63. The molecule has 0 aliphatic carbocycles. The Hall–Kier alpha value is -1.78. The molecule has 1 aromatic carbocycles. The fraction of sp³-hybridized carbons (Fsp3) is 0.500. The van der Waals surface area contributed by atoms with Crippen molar-refractivity contribution in [3.8, 4) is 0 Å². The Kier molecular flexibility index (Phi) is 7.07. The lowest BCUT2D eigenvalue weighted by atomic mass is 9.93. The van der Waals surface area contributed by atoms with E-state index >= 15 is 0 Å². The predicted octanol–water partition coefficient (Wildman–Crippen LogP) is 1.42. The fourth-order valence-corrected chi connectivity index (χ4v) is 4.45. The van der Waals surface area contributed by atoms with Crippen LogP contribution < -0.4 is 5.32 Å². The molecule has 0 radical (unpaired) electrons. The van der Waals surface area contributed by atoms with E-state index in [1.807, 2.05) is 30.3 Å². The minimum atomic E-state index is -1.74. The Morgan fingerprint density at radius 1 is 1.24 bits per heavy atom. The maximum absolute atomic E-state index is 13.4. The zero-order chi connectivity index (χ0) is 21.0. The second-order valence-electron chi connectivity index (χ2n) is 6.96. The first-order chi connectivity index (χ1) is 14.0. The van der Waals surface area contributed by atoms with Crippen LogP contribution in [0, 0.1) is 0 Å². The molecule has 0 bridgehead atoms. The number of hydrogen-bond acceptors (Lipinski definition) is 8. The van der Waals surface area contributed by atoms with E-state index in [2.05, 4.69) is 5.32 Å². The van der Waals surface area contributed by atoms with Crippen LogP contribution in [0.1, 0.15) is 18.4 Å². The number of methoxy groups -OCH3 is 2. The van der Waals surface area contributed by atoms with Crippen LogP contribution >= 0.6 is 24.4 Å². The Morgan fingerprint density at radius 3 is 2.52 bits per heavy atom. The summed E-state index contributed by atoms with van der Waals surface area (Å²) in [7, 11) is 2.78. The molecule has 3 rings (SSSR count). The largest absolute Gasteiger partial charge is 0.459 e. The summed E-state index contributed by atoms with van der Waals surface area (Å²) in [5.41, 5.74) is -0.935. The maximum Gasteiger partial charge on any atom is 0.343 e. The molecule has 0 saturated carbocycles. The van der Waals surface area contributed by atoms with Gasteiger partial charge in [-0.25, -0.2) is 4.79 Å². The monoisotopic (exact) mass is 436 g/mol. The van der Waals surface area contributed by atoms with E-state index in [0.29, 0.717) is 11.3 Å². The molecular formula is C20H24N2O5S2. The van der Waals surface area contributed by atoms with Gasteiger partial charge in [-0.05, 0) is 24.9 Å². The molecule has 1 aromatic rings. The lowest BCUT2D eigenvalue weighted by molar-refractivity contribution is -0.195. The lowest BCUT2D eigenvalue weighted by Gasteiger charge is -2.40. The van der Waals surface area contributed by atoms with Crippen LogP contribution in [0.5, 0.6) is 0 Å². The van der Waals surface area contributed by atoms with Crippen molar-refractivity contribution < 1.29 is 23.8 Å². The number of benzene rings is 1.